The van der Waals surface area contributed by atoms with Gasteiger partial charge in [-0.25, -0.2) is 15.0 Å². The van der Waals surface area contributed by atoms with E-state index in [0.29, 0.717) is 17.5 Å². The fourth-order valence-electron chi connectivity index (χ4n) is 8.30. The van der Waals surface area contributed by atoms with E-state index in [-0.39, 0.29) is 6.04 Å². The lowest BCUT2D eigenvalue weighted by Gasteiger charge is -2.29. The Kier molecular flexibility index (Phi) is 7.13. The summed E-state index contributed by atoms with van der Waals surface area (Å²) in [5.74, 6) is 2.01. The van der Waals surface area contributed by atoms with Gasteiger partial charge in [0.15, 0.2) is 17.5 Å². The highest BCUT2D eigenvalue weighted by atomic mass is 32.1. The number of aromatic nitrogens is 3. The Morgan fingerprint density at radius 1 is 0.537 bits per heavy atom. The summed E-state index contributed by atoms with van der Waals surface area (Å²) in [7, 11) is 0. The Bertz CT molecular complexity index is 2910. The highest BCUT2D eigenvalue weighted by Gasteiger charge is 2.35. The van der Waals surface area contributed by atoms with Crippen LogP contribution >= 0.6 is 11.3 Å². The highest BCUT2D eigenvalue weighted by Crippen LogP contribution is 2.50. The summed E-state index contributed by atoms with van der Waals surface area (Å²) in [6.07, 6.45) is 5.79. The van der Waals surface area contributed by atoms with Crippen LogP contribution in [0.4, 0.5) is 11.4 Å². The lowest BCUT2D eigenvalue weighted by Crippen LogP contribution is -2.27. The van der Waals surface area contributed by atoms with Gasteiger partial charge in [-0.3, -0.25) is 0 Å². The molecule has 0 fully saturated rings. The Morgan fingerprint density at radius 3 is 1.94 bits per heavy atom. The zero-order chi connectivity index (χ0) is 35.6. The van der Waals surface area contributed by atoms with Crippen molar-refractivity contribution >= 4 is 64.8 Å². The molecule has 0 radical (unpaired) electrons. The normalized spacial score (nSPS) is 15.0. The fraction of sp³-hybridized carbons (Fsp3) is 0.0408. The van der Waals surface area contributed by atoms with Crippen LogP contribution in [0, 0.1) is 0 Å². The third-order valence-electron chi connectivity index (χ3n) is 10.8. The van der Waals surface area contributed by atoms with Crippen LogP contribution in [0.15, 0.2) is 176 Å². The number of hydrogen-bond donors (Lipinski definition) is 0. The molecule has 9 aromatic rings. The molecule has 1 atom stereocenters. The topological polar surface area (TPSA) is 41.9 Å². The van der Waals surface area contributed by atoms with Gasteiger partial charge in [0.05, 0.1) is 6.04 Å². The molecule has 54 heavy (non-hydrogen) atoms. The van der Waals surface area contributed by atoms with Crippen molar-refractivity contribution in [3.8, 4) is 34.2 Å². The summed E-state index contributed by atoms with van der Waals surface area (Å²) < 4.78 is 2.43. The molecule has 0 N–H and O–H groups in total. The number of rotatable bonds is 5. The minimum atomic E-state index is 0.271. The van der Waals surface area contributed by atoms with Gasteiger partial charge in [-0.1, -0.05) is 133 Å². The molecule has 0 bridgehead atoms. The van der Waals surface area contributed by atoms with E-state index in [1.54, 1.807) is 0 Å². The van der Waals surface area contributed by atoms with Crippen LogP contribution < -0.4 is 4.90 Å². The van der Waals surface area contributed by atoms with Crippen LogP contribution in [0.25, 0.3) is 76.3 Å². The monoisotopic (exact) mass is 708 g/mol. The molecule has 7 aromatic carbocycles. The Labute approximate surface area is 317 Å². The quantitative estimate of drug-likeness (QED) is 0.178. The summed E-state index contributed by atoms with van der Waals surface area (Å²) in [4.78, 5) is 17.8. The van der Waals surface area contributed by atoms with Crippen LogP contribution in [0.3, 0.4) is 0 Å². The average molecular weight is 709 g/mol. The average Bonchev–Trinajstić information content (AvgIpc) is 3.80. The summed E-state index contributed by atoms with van der Waals surface area (Å²) in [6.45, 7) is 0. The number of anilines is 2. The second-order valence-electron chi connectivity index (χ2n) is 13.9. The summed E-state index contributed by atoms with van der Waals surface area (Å²) in [6, 6.07) is 58.3. The maximum absolute atomic E-state index is 5.16. The minimum Gasteiger partial charge on any atom is -0.333 e. The molecule has 2 aromatic heterocycles. The standard InChI is InChI=1S/C49H32N4S/c1-4-14-31(15-5-1)47-50-48(32-16-6-2-7-17-32)52-49(51-47)41-30-35-18-10-11-21-37(35)45-40-29-34(25-27-44(40)54-46(41)45)33-24-26-43-39(28-33)38-22-12-13-23-42(38)53(43)36-19-8-3-9-20-36/h1-25,27-30,43H,26H2. The van der Waals surface area contributed by atoms with Gasteiger partial charge in [-0.05, 0) is 76.4 Å². The first-order valence-corrected chi connectivity index (χ1v) is 19.2. The molecule has 4 nitrogen and oxygen atoms in total. The van der Waals surface area contributed by atoms with Gasteiger partial charge >= 0.3 is 0 Å². The summed E-state index contributed by atoms with van der Waals surface area (Å²) in [5.41, 5.74) is 10.7. The number of thiophene rings is 1. The van der Waals surface area contributed by atoms with E-state index in [1.807, 2.05) is 47.7 Å². The van der Waals surface area contributed by atoms with Gasteiger partial charge in [-0.2, -0.15) is 0 Å². The second kappa shape index (κ2) is 12.5. The Hall–Kier alpha value is -6.69. The van der Waals surface area contributed by atoms with Gasteiger partial charge in [0.25, 0.3) is 0 Å². The van der Waals surface area contributed by atoms with E-state index in [2.05, 4.69) is 144 Å². The van der Waals surface area contributed by atoms with Crippen molar-refractivity contribution in [1.29, 1.82) is 0 Å². The smallest absolute Gasteiger partial charge is 0.165 e. The predicted octanol–water partition coefficient (Wildman–Crippen LogP) is 12.8. The highest BCUT2D eigenvalue weighted by molar-refractivity contribution is 7.26. The van der Waals surface area contributed by atoms with Gasteiger partial charge in [0.1, 0.15) is 0 Å². The number of nitrogens with zero attached hydrogens (tertiary/aromatic N) is 4. The molecule has 1 unspecified atom stereocenters. The summed E-state index contributed by atoms with van der Waals surface area (Å²) >= 11 is 1.82. The molecule has 11 rings (SSSR count). The second-order valence-corrected chi connectivity index (χ2v) is 15.0. The zero-order valence-electron chi connectivity index (χ0n) is 29.2. The number of benzene rings is 7. The molecule has 3 heterocycles. The lowest BCUT2D eigenvalue weighted by atomic mass is 9.88. The number of allylic oxidation sites excluding steroid dienone is 2. The number of fused-ring (bicyclic) bond motifs is 8. The van der Waals surface area contributed by atoms with Crippen LogP contribution in [-0.2, 0) is 0 Å². The molecular weight excluding hydrogens is 677 g/mol. The van der Waals surface area contributed by atoms with Gasteiger partial charge in [-0.15, -0.1) is 11.3 Å². The maximum Gasteiger partial charge on any atom is 0.165 e. The maximum atomic E-state index is 5.16. The van der Waals surface area contributed by atoms with Crippen LogP contribution in [0.1, 0.15) is 17.5 Å². The zero-order valence-corrected chi connectivity index (χ0v) is 30.0. The van der Waals surface area contributed by atoms with Crippen LogP contribution in [0.5, 0.6) is 0 Å². The lowest BCUT2D eigenvalue weighted by molar-refractivity contribution is 0.831. The first kappa shape index (κ1) is 30.9. The predicted molar refractivity (Wildman–Crippen MR) is 226 cm³/mol. The van der Waals surface area contributed by atoms with Crippen molar-refractivity contribution in [3.63, 3.8) is 0 Å². The van der Waals surface area contributed by atoms with Crippen molar-refractivity contribution in [2.45, 2.75) is 12.5 Å². The van der Waals surface area contributed by atoms with E-state index in [4.69, 9.17) is 15.0 Å². The van der Waals surface area contributed by atoms with Crippen LogP contribution in [0.2, 0.25) is 0 Å². The Morgan fingerprint density at radius 2 is 1.19 bits per heavy atom. The number of hydrogen-bond acceptors (Lipinski definition) is 5. The van der Waals surface area contributed by atoms with Crippen LogP contribution in [-0.4, -0.2) is 21.0 Å². The molecule has 0 saturated carbocycles. The fourth-order valence-corrected chi connectivity index (χ4v) is 9.50. The van der Waals surface area contributed by atoms with E-state index in [1.165, 1.54) is 64.6 Å². The van der Waals surface area contributed by atoms with Gasteiger partial charge < -0.3 is 4.90 Å². The van der Waals surface area contributed by atoms with Crippen molar-refractivity contribution in [2.24, 2.45) is 0 Å². The molecule has 1 aliphatic heterocycles. The van der Waals surface area contributed by atoms with Crippen molar-refractivity contribution in [1.82, 2.24) is 15.0 Å². The van der Waals surface area contributed by atoms with Gasteiger partial charge in [0, 0.05) is 53.8 Å². The van der Waals surface area contributed by atoms with E-state index in [0.717, 1.165) is 23.1 Å². The molecule has 254 valence electrons. The first-order valence-electron chi connectivity index (χ1n) is 18.4. The van der Waals surface area contributed by atoms with E-state index >= 15 is 0 Å². The molecule has 1 aliphatic carbocycles. The first-order chi connectivity index (χ1) is 26.8. The molecule has 0 saturated heterocycles. The molecule has 2 aliphatic rings. The molecule has 0 amide bonds. The van der Waals surface area contributed by atoms with Crippen molar-refractivity contribution in [2.75, 3.05) is 4.90 Å². The molecule has 5 heteroatoms. The largest absolute Gasteiger partial charge is 0.333 e. The third kappa shape index (κ3) is 5.01. The van der Waals surface area contributed by atoms with Crippen molar-refractivity contribution in [3.05, 3.63) is 187 Å². The third-order valence-corrected chi connectivity index (χ3v) is 12.0. The van der Waals surface area contributed by atoms with Crippen molar-refractivity contribution < 1.29 is 0 Å². The SMILES string of the molecule is C1=C(c2ccc3sc4c(-c5nc(-c6ccccc6)nc(-c6ccccc6)n5)cc5ccccc5c4c3c2)C=C2c3ccccc3N(c3ccccc3)C2C1. The number of para-hydroxylation sites is 2. The minimum absolute atomic E-state index is 0.271. The van der Waals surface area contributed by atoms with Gasteiger partial charge in [0.2, 0.25) is 0 Å². The Balaban J connectivity index is 1.08. The van der Waals surface area contributed by atoms with E-state index in [9.17, 15) is 0 Å². The molecular formula is C49H32N4S. The molecule has 0 spiro atoms. The van der Waals surface area contributed by atoms with E-state index < -0.39 is 0 Å². The summed E-state index contributed by atoms with van der Waals surface area (Å²) in [5, 5.41) is 4.90.